The summed E-state index contributed by atoms with van der Waals surface area (Å²) in [6.45, 7) is 8.13. The second-order valence-electron chi connectivity index (χ2n) is 8.07. The van der Waals surface area contributed by atoms with Gasteiger partial charge in [-0.1, -0.05) is 29.8 Å². The van der Waals surface area contributed by atoms with Gasteiger partial charge in [-0.15, -0.1) is 0 Å². The first-order valence-corrected chi connectivity index (χ1v) is 11.3. The third-order valence-electron chi connectivity index (χ3n) is 5.79. The number of carbonyl (C=O) groups excluding carboxylic acids is 1. The summed E-state index contributed by atoms with van der Waals surface area (Å²) >= 11 is 0. The maximum atomic E-state index is 12.8. The fourth-order valence-corrected chi connectivity index (χ4v) is 4.23. The van der Waals surface area contributed by atoms with E-state index in [-0.39, 0.29) is 18.1 Å². The fourth-order valence-electron chi connectivity index (χ4n) is 4.23. The van der Waals surface area contributed by atoms with Crippen molar-refractivity contribution >= 4 is 16.9 Å². The molecule has 0 aliphatic heterocycles. The van der Waals surface area contributed by atoms with Crippen LogP contribution in [0.1, 0.15) is 19.4 Å². The Morgan fingerprint density at radius 3 is 2.48 bits per heavy atom. The van der Waals surface area contributed by atoms with E-state index >= 15 is 0 Å². The summed E-state index contributed by atoms with van der Waals surface area (Å²) in [6.07, 6.45) is 1.89. The first kappa shape index (κ1) is 22.5. The van der Waals surface area contributed by atoms with Crippen LogP contribution in [-0.4, -0.2) is 37.9 Å². The van der Waals surface area contributed by atoms with E-state index in [0.717, 1.165) is 39.0 Å². The number of rotatable bonds is 8. The molecule has 2 heterocycles. The highest BCUT2D eigenvalue weighted by atomic mass is 16.2. The molecule has 0 aliphatic carbocycles. The standard InChI is InChI=1S/C25H30N6O2/c1-4-30-21-10-9-18(14-22(21)31(5-2)25(30)33)20-15-29(16-23(32)27-12-11-26)28-24(20)19-8-6-7-17(3)13-19/h6-10,13-15H,4-5,11-12,16,26H2,1-3H3,(H,27,32). The number of carbonyl (C=O) groups is 1. The predicted octanol–water partition coefficient (Wildman–Crippen LogP) is 2.76. The van der Waals surface area contributed by atoms with Crippen molar-refractivity contribution in [1.82, 2.24) is 24.2 Å². The number of nitrogens with two attached hydrogens (primary N) is 1. The number of hydrogen-bond acceptors (Lipinski definition) is 4. The van der Waals surface area contributed by atoms with E-state index < -0.39 is 0 Å². The van der Waals surface area contributed by atoms with Gasteiger partial charge in [-0.25, -0.2) is 4.79 Å². The Labute approximate surface area is 192 Å². The van der Waals surface area contributed by atoms with E-state index in [1.807, 2.05) is 63.4 Å². The maximum absolute atomic E-state index is 12.8. The Bertz CT molecular complexity index is 1360. The van der Waals surface area contributed by atoms with Crippen LogP contribution in [0.25, 0.3) is 33.4 Å². The van der Waals surface area contributed by atoms with Crippen LogP contribution in [0.3, 0.4) is 0 Å². The van der Waals surface area contributed by atoms with Crippen LogP contribution in [0.15, 0.2) is 53.5 Å². The smallest absolute Gasteiger partial charge is 0.329 e. The van der Waals surface area contributed by atoms with Crippen LogP contribution in [0, 0.1) is 6.92 Å². The minimum absolute atomic E-state index is 0.00155. The summed E-state index contributed by atoms with van der Waals surface area (Å²) < 4.78 is 5.24. The Morgan fingerprint density at radius 2 is 1.79 bits per heavy atom. The molecule has 0 saturated heterocycles. The Kier molecular flexibility index (Phi) is 6.46. The normalized spacial score (nSPS) is 11.3. The lowest BCUT2D eigenvalue weighted by molar-refractivity contribution is -0.121. The zero-order valence-corrected chi connectivity index (χ0v) is 19.3. The van der Waals surface area contributed by atoms with Gasteiger partial charge in [0.15, 0.2) is 0 Å². The number of hydrogen-bond donors (Lipinski definition) is 2. The molecule has 0 fully saturated rings. The number of nitrogens with one attached hydrogen (secondary N) is 1. The first-order chi connectivity index (χ1) is 16.0. The number of benzene rings is 2. The SMILES string of the molecule is CCn1c(=O)n(CC)c2cc(-c3cn(CC(=O)NCCN)nc3-c3cccc(C)c3)ccc21. The summed E-state index contributed by atoms with van der Waals surface area (Å²) in [4.78, 5) is 25.1. The number of aromatic nitrogens is 4. The highest BCUT2D eigenvalue weighted by molar-refractivity contribution is 5.88. The van der Waals surface area contributed by atoms with Crippen molar-refractivity contribution in [2.75, 3.05) is 13.1 Å². The minimum atomic E-state index is -0.138. The molecular formula is C25H30N6O2. The van der Waals surface area contributed by atoms with Crippen molar-refractivity contribution < 1.29 is 4.79 Å². The van der Waals surface area contributed by atoms with Crippen molar-refractivity contribution in [2.45, 2.75) is 40.4 Å². The van der Waals surface area contributed by atoms with Gasteiger partial charge in [-0.2, -0.15) is 5.10 Å². The molecule has 2 aromatic carbocycles. The summed E-state index contributed by atoms with van der Waals surface area (Å²) in [5, 5.41) is 7.55. The number of fused-ring (bicyclic) bond motifs is 1. The lowest BCUT2D eigenvalue weighted by Crippen LogP contribution is -2.32. The van der Waals surface area contributed by atoms with Crippen LogP contribution in [0.2, 0.25) is 0 Å². The van der Waals surface area contributed by atoms with Crippen molar-refractivity contribution in [3.63, 3.8) is 0 Å². The molecule has 4 rings (SSSR count). The Morgan fingerprint density at radius 1 is 1.03 bits per heavy atom. The van der Waals surface area contributed by atoms with Gasteiger partial charge in [-0.3, -0.25) is 18.6 Å². The summed E-state index contributed by atoms with van der Waals surface area (Å²) in [5.74, 6) is -0.138. The zero-order chi connectivity index (χ0) is 23.5. The van der Waals surface area contributed by atoms with Crippen molar-refractivity contribution in [3.8, 4) is 22.4 Å². The zero-order valence-electron chi connectivity index (χ0n) is 19.3. The van der Waals surface area contributed by atoms with Gasteiger partial charge in [0.1, 0.15) is 12.2 Å². The van der Waals surface area contributed by atoms with Gasteiger partial charge in [0.05, 0.1) is 11.0 Å². The third kappa shape index (κ3) is 4.34. The molecule has 0 radical (unpaired) electrons. The molecule has 1 amide bonds. The second-order valence-corrected chi connectivity index (χ2v) is 8.07. The first-order valence-electron chi connectivity index (χ1n) is 11.3. The Hall–Kier alpha value is -3.65. The monoisotopic (exact) mass is 446 g/mol. The average Bonchev–Trinajstić information content (AvgIpc) is 3.34. The van der Waals surface area contributed by atoms with E-state index in [2.05, 4.69) is 11.4 Å². The average molecular weight is 447 g/mol. The van der Waals surface area contributed by atoms with Gasteiger partial charge in [-0.05, 0) is 44.5 Å². The summed E-state index contributed by atoms with van der Waals surface area (Å²) in [5.41, 5.74) is 12.1. The number of nitrogens with zero attached hydrogens (tertiary/aromatic N) is 4. The van der Waals surface area contributed by atoms with Gasteiger partial charge >= 0.3 is 5.69 Å². The lowest BCUT2D eigenvalue weighted by Gasteiger charge is -2.06. The molecule has 8 heteroatoms. The van der Waals surface area contributed by atoms with E-state index in [1.54, 1.807) is 13.8 Å². The highest BCUT2D eigenvalue weighted by Gasteiger charge is 2.18. The molecule has 0 bridgehead atoms. The number of amides is 1. The lowest BCUT2D eigenvalue weighted by atomic mass is 10.0. The van der Waals surface area contributed by atoms with Crippen LogP contribution in [0.4, 0.5) is 0 Å². The van der Waals surface area contributed by atoms with Gasteiger partial charge in [0, 0.05) is 43.5 Å². The number of imidazole rings is 1. The molecule has 0 aliphatic rings. The molecule has 172 valence electrons. The predicted molar refractivity (Wildman–Crippen MR) is 131 cm³/mol. The van der Waals surface area contributed by atoms with E-state index in [4.69, 9.17) is 10.8 Å². The van der Waals surface area contributed by atoms with Crippen LogP contribution >= 0.6 is 0 Å². The van der Waals surface area contributed by atoms with Crippen molar-refractivity contribution in [2.24, 2.45) is 5.73 Å². The van der Waals surface area contributed by atoms with Crippen LogP contribution in [-0.2, 0) is 24.4 Å². The summed E-state index contributed by atoms with van der Waals surface area (Å²) in [7, 11) is 0. The van der Waals surface area contributed by atoms with Gasteiger partial charge in [0.25, 0.3) is 0 Å². The van der Waals surface area contributed by atoms with Crippen molar-refractivity contribution in [3.05, 3.63) is 64.7 Å². The van der Waals surface area contributed by atoms with E-state index in [9.17, 15) is 9.59 Å². The molecule has 33 heavy (non-hydrogen) atoms. The molecule has 0 unspecified atom stereocenters. The topological polar surface area (TPSA) is 99.9 Å². The van der Waals surface area contributed by atoms with Gasteiger partial charge in [0.2, 0.25) is 5.91 Å². The van der Waals surface area contributed by atoms with E-state index in [1.165, 1.54) is 0 Å². The molecule has 4 aromatic rings. The maximum Gasteiger partial charge on any atom is 0.329 e. The minimum Gasteiger partial charge on any atom is -0.353 e. The van der Waals surface area contributed by atoms with E-state index in [0.29, 0.717) is 26.2 Å². The van der Waals surface area contributed by atoms with Crippen molar-refractivity contribution in [1.29, 1.82) is 0 Å². The molecule has 0 atom stereocenters. The van der Waals surface area contributed by atoms with Gasteiger partial charge < -0.3 is 11.1 Å². The highest BCUT2D eigenvalue weighted by Crippen LogP contribution is 2.33. The Balaban J connectivity index is 1.85. The molecular weight excluding hydrogens is 416 g/mol. The van der Waals surface area contributed by atoms with Crippen LogP contribution in [0.5, 0.6) is 0 Å². The third-order valence-corrected chi connectivity index (χ3v) is 5.79. The molecule has 0 saturated carbocycles. The summed E-state index contributed by atoms with van der Waals surface area (Å²) in [6, 6.07) is 14.2. The molecule has 3 N–H and O–H groups in total. The number of aryl methyl sites for hydroxylation is 3. The largest absolute Gasteiger partial charge is 0.353 e. The molecule has 8 nitrogen and oxygen atoms in total. The molecule has 0 spiro atoms. The van der Waals surface area contributed by atoms with Crippen LogP contribution < -0.4 is 16.7 Å². The quantitative estimate of drug-likeness (QED) is 0.435. The fraction of sp³-hybridized carbons (Fsp3) is 0.320. The molecule has 2 aromatic heterocycles. The second kappa shape index (κ2) is 9.46.